The number of rotatable bonds is 4. The van der Waals surface area contributed by atoms with Crippen molar-refractivity contribution in [1.82, 2.24) is 0 Å². The third kappa shape index (κ3) is 3.72. The maximum absolute atomic E-state index is 10.4. The highest BCUT2D eigenvalue weighted by Gasteiger charge is 2.24. The van der Waals surface area contributed by atoms with E-state index in [2.05, 4.69) is 15.9 Å². The normalized spacial score (nSPS) is 13.9. The van der Waals surface area contributed by atoms with Crippen LogP contribution in [0.4, 0.5) is 0 Å². The molecule has 0 spiro atoms. The molecule has 0 bridgehead atoms. The van der Waals surface area contributed by atoms with Crippen LogP contribution in [0.15, 0.2) is 53.0 Å². The zero-order valence-corrected chi connectivity index (χ0v) is 12.8. The van der Waals surface area contributed by atoms with E-state index in [4.69, 9.17) is 16.3 Å². The van der Waals surface area contributed by atoms with E-state index in [9.17, 15) is 5.11 Å². The van der Waals surface area contributed by atoms with Crippen LogP contribution < -0.4 is 4.74 Å². The van der Waals surface area contributed by atoms with Crippen LogP contribution in [-0.2, 0) is 5.60 Å². The fourth-order valence-electron chi connectivity index (χ4n) is 1.69. The Morgan fingerprint density at radius 3 is 2.53 bits per heavy atom. The third-order valence-corrected chi connectivity index (χ3v) is 3.59. The molecule has 0 fully saturated rings. The zero-order valence-electron chi connectivity index (χ0n) is 10.4. The lowest BCUT2D eigenvalue weighted by Crippen LogP contribution is -2.29. The first-order chi connectivity index (χ1) is 8.99. The van der Waals surface area contributed by atoms with Crippen LogP contribution in [0.25, 0.3) is 0 Å². The highest BCUT2D eigenvalue weighted by Crippen LogP contribution is 2.29. The standard InChI is InChI=1S/C15H14BrClO2/c1-15(18,11-5-3-2-4-6-11)10-19-14-8-7-12(16)9-13(14)17/h2-9,18H,10H2,1H3. The molecule has 0 aromatic heterocycles. The highest BCUT2D eigenvalue weighted by atomic mass is 79.9. The Kier molecular flexibility index (Phi) is 4.50. The van der Waals surface area contributed by atoms with Crippen molar-refractivity contribution in [2.75, 3.05) is 6.61 Å². The minimum atomic E-state index is -1.06. The van der Waals surface area contributed by atoms with E-state index in [1.807, 2.05) is 36.4 Å². The van der Waals surface area contributed by atoms with E-state index in [0.29, 0.717) is 10.8 Å². The van der Waals surface area contributed by atoms with Gasteiger partial charge in [-0.25, -0.2) is 0 Å². The molecule has 1 atom stereocenters. The molecule has 2 aromatic carbocycles. The lowest BCUT2D eigenvalue weighted by atomic mass is 9.97. The molecule has 0 radical (unpaired) electrons. The van der Waals surface area contributed by atoms with Crippen molar-refractivity contribution in [2.45, 2.75) is 12.5 Å². The number of hydrogen-bond acceptors (Lipinski definition) is 2. The van der Waals surface area contributed by atoms with Crippen molar-refractivity contribution < 1.29 is 9.84 Å². The van der Waals surface area contributed by atoms with Gasteiger partial charge in [-0.1, -0.05) is 57.9 Å². The molecule has 4 heteroatoms. The molecule has 0 amide bonds. The minimum Gasteiger partial charge on any atom is -0.489 e. The Hall–Kier alpha value is -1.03. The van der Waals surface area contributed by atoms with E-state index >= 15 is 0 Å². The van der Waals surface area contributed by atoms with Gasteiger partial charge in [0.1, 0.15) is 18.0 Å². The molecule has 1 N–H and O–H groups in total. The fraction of sp³-hybridized carbons (Fsp3) is 0.200. The maximum Gasteiger partial charge on any atom is 0.138 e. The van der Waals surface area contributed by atoms with E-state index < -0.39 is 5.60 Å². The van der Waals surface area contributed by atoms with Gasteiger partial charge >= 0.3 is 0 Å². The van der Waals surface area contributed by atoms with Gasteiger partial charge in [0.05, 0.1) is 5.02 Å². The largest absolute Gasteiger partial charge is 0.489 e. The second-order valence-electron chi connectivity index (χ2n) is 4.50. The summed E-state index contributed by atoms with van der Waals surface area (Å²) in [6, 6.07) is 14.8. The smallest absolute Gasteiger partial charge is 0.138 e. The summed E-state index contributed by atoms with van der Waals surface area (Å²) in [4.78, 5) is 0. The van der Waals surface area contributed by atoms with Crippen LogP contribution in [-0.4, -0.2) is 11.7 Å². The predicted octanol–water partition coefficient (Wildman–Crippen LogP) is 4.39. The first-order valence-electron chi connectivity index (χ1n) is 5.85. The van der Waals surface area contributed by atoms with E-state index in [-0.39, 0.29) is 6.61 Å². The van der Waals surface area contributed by atoms with Crippen LogP contribution in [0.2, 0.25) is 5.02 Å². The minimum absolute atomic E-state index is 0.137. The Balaban J connectivity index is 2.09. The Labute approximate surface area is 126 Å². The van der Waals surface area contributed by atoms with Crippen LogP contribution in [0.3, 0.4) is 0 Å². The summed E-state index contributed by atoms with van der Waals surface area (Å²) in [5.74, 6) is 0.557. The van der Waals surface area contributed by atoms with E-state index in [1.165, 1.54) is 0 Å². The number of halogens is 2. The number of benzene rings is 2. The van der Waals surface area contributed by atoms with Crippen molar-refractivity contribution in [3.05, 3.63) is 63.6 Å². The van der Waals surface area contributed by atoms with Crippen LogP contribution in [0, 0.1) is 0 Å². The van der Waals surface area contributed by atoms with Crippen LogP contribution in [0.1, 0.15) is 12.5 Å². The molecule has 1 unspecified atom stereocenters. The van der Waals surface area contributed by atoms with Gasteiger partial charge in [-0.15, -0.1) is 0 Å². The fourth-order valence-corrected chi connectivity index (χ4v) is 2.42. The molecular weight excluding hydrogens is 328 g/mol. The van der Waals surface area contributed by atoms with Crippen LogP contribution in [0.5, 0.6) is 5.75 Å². The first kappa shape index (κ1) is 14.4. The first-order valence-corrected chi connectivity index (χ1v) is 7.02. The summed E-state index contributed by atoms with van der Waals surface area (Å²) >= 11 is 9.40. The number of aliphatic hydroxyl groups is 1. The lowest BCUT2D eigenvalue weighted by molar-refractivity contribution is 0.00763. The van der Waals surface area contributed by atoms with E-state index in [1.54, 1.807) is 19.1 Å². The van der Waals surface area contributed by atoms with Crippen molar-refractivity contribution in [2.24, 2.45) is 0 Å². The summed E-state index contributed by atoms with van der Waals surface area (Å²) in [6.07, 6.45) is 0. The lowest BCUT2D eigenvalue weighted by Gasteiger charge is -2.24. The Morgan fingerprint density at radius 1 is 1.21 bits per heavy atom. The molecular formula is C15H14BrClO2. The average molecular weight is 342 g/mol. The molecule has 0 aliphatic heterocycles. The predicted molar refractivity (Wildman–Crippen MR) is 80.7 cm³/mol. The second-order valence-corrected chi connectivity index (χ2v) is 5.83. The molecule has 2 nitrogen and oxygen atoms in total. The summed E-state index contributed by atoms with van der Waals surface area (Å²) < 4.78 is 6.50. The van der Waals surface area contributed by atoms with Crippen LogP contribution >= 0.6 is 27.5 Å². The molecule has 0 aliphatic carbocycles. The number of hydrogen-bond donors (Lipinski definition) is 1. The van der Waals surface area contributed by atoms with Gasteiger partial charge in [-0.05, 0) is 30.7 Å². The summed E-state index contributed by atoms with van der Waals surface area (Å²) in [5.41, 5.74) is -0.249. The van der Waals surface area contributed by atoms with Gasteiger partial charge in [0.25, 0.3) is 0 Å². The highest BCUT2D eigenvalue weighted by molar-refractivity contribution is 9.10. The van der Waals surface area contributed by atoms with Gasteiger partial charge in [-0.2, -0.15) is 0 Å². The Morgan fingerprint density at radius 2 is 1.89 bits per heavy atom. The molecule has 100 valence electrons. The summed E-state index contributed by atoms with van der Waals surface area (Å²) in [7, 11) is 0. The van der Waals surface area contributed by atoms with Gasteiger partial charge in [0.2, 0.25) is 0 Å². The summed E-state index contributed by atoms with van der Waals surface area (Å²) in [6.45, 7) is 1.85. The molecule has 0 heterocycles. The van der Waals surface area contributed by atoms with E-state index in [0.717, 1.165) is 10.0 Å². The monoisotopic (exact) mass is 340 g/mol. The quantitative estimate of drug-likeness (QED) is 0.894. The average Bonchev–Trinajstić information content (AvgIpc) is 2.39. The maximum atomic E-state index is 10.4. The molecule has 19 heavy (non-hydrogen) atoms. The third-order valence-electron chi connectivity index (χ3n) is 2.80. The molecule has 0 saturated heterocycles. The second kappa shape index (κ2) is 5.95. The van der Waals surface area contributed by atoms with Crippen molar-refractivity contribution in [3.8, 4) is 5.75 Å². The van der Waals surface area contributed by atoms with Crippen molar-refractivity contribution in [3.63, 3.8) is 0 Å². The molecule has 0 aliphatic rings. The van der Waals surface area contributed by atoms with Crippen molar-refractivity contribution >= 4 is 27.5 Å². The molecule has 0 saturated carbocycles. The number of ether oxygens (including phenoxy) is 1. The molecule has 2 aromatic rings. The van der Waals surface area contributed by atoms with Gasteiger partial charge in [0, 0.05) is 4.47 Å². The van der Waals surface area contributed by atoms with Gasteiger partial charge in [0.15, 0.2) is 0 Å². The molecule has 2 rings (SSSR count). The van der Waals surface area contributed by atoms with Crippen molar-refractivity contribution in [1.29, 1.82) is 0 Å². The Bertz CT molecular complexity index is 555. The van der Waals surface area contributed by atoms with Gasteiger partial charge in [-0.3, -0.25) is 0 Å². The zero-order chi connectivity index (χ0) is 13.9. The summed E-state index contributed by atoms with van der Waals surface area (Å²) in [5, 5.41) is 10.9. The van der Waals surface area contributed by atoms with Gasteiger partial charge < -0.3 is 9.84 Å². The topological polar surface area (TPSA) is 29.5 Å². The SMILES string of the molecule is CC(O)(COc1ccc(Br)cc1Cl)c1ccccc1.